The number of amides is 2. The molecule has 3 aliphatic rings. The van der Waals surface area contributed by atoms with Gasteiger partial charge in [0.25, 0.3) is 0 Å². The smallest absolute Gasteiger partial charge is 0.223 e. The van der Waals surface area contributed by atoms with Gasteiger partial charge in [0, 0.05) is 38.0 Å². The first-order valence-electron chi connectivity index (χ1n) is 8.34. The highest BCUT2D eigenvalue weighted by atomic mass is 16.2. The number of carbonyl (C=O) groups is 2. The lowest BCUT2D eigenvalue weighted by atomic mass is 9.65. The largest absolute Gasteiger partial charge is 0.351 e. The summed E-state index contributed by atoms with van der Waals surface area (Å²) in [5, 5.41) is 3.17. The molecule has 3 atom stereocenters. The normalized spacial score (nSPS) is 40.0. The van der Waals surface area contributed by atoms with E-state index in [1.807, 2.05) is 7.05 Å². The van der Waals surface area contributed by atoms with E-state index in [2.05, 4.69) is 5.32 Å². The lowest BCUT2D eigenvalue weighted by Crippen LogP contribution is -2.53. The first-order chi connectivity index (χ1) is 10.0. The Morgan fingerprint density at radius 2 is 1.90 bits per heavy atom. The molecule has 0 radical (unpaired) electrons. The van der Waals surface area contributed by atoms with Crippen LogP contribution in [0, 0.1) is 17.8 Å². The maximum Gasteiger partial charge on any atom is 0.223 e. The van der Waals surface area contributed by atoms with Gasteiger partial charge in [0.2, 0.25) is 11.8 Å². The highest BCUT2D eigenvalue weighted by Crippen LogP contribution is 2.41. The second-order valence-corrected chi connectivity index (χ2v) is 7.22. The van der Waals surface area contributed by atoms with Gasteiger partial charge in [-0.15, -0.1) is 0 Å². The Kier molecular flexibility index (Phi) is 4.20. The van der Waals surface area contributed by atoms with Crippen LogP contribution in [0.3, 0.4) is 0 Å². The van der Waals surface area contributed by atoms with Gasteiger partial charge in [0.05, 0.1) is 0 Å². The van der Waals surface area contributed by atoms with E-state index in [0.717, 1.165) is 19.3 Å². The summed E-state index contributed by atoms with van der Waals surface area (Å²) in [5.74, 6) is 1.56. The second-order valence-electron chi connectivity index (χ2n) is 7.22. The van der Waals surface area contributed by atoms with Crippen LogP contribution in [-0.2, 0) is 9.59 Å². The van der Waals surface area contributed by atoms with Crippen LogP contribution in [0.15, 0.2) is 0 Å². The number of likely N-dealkylation sites (N-methyl/N-ethyl adjacent to an activating group) is 1. The Morgan fingerprint density at radius 3 is 2.52 bits per heavy atom. The maximum atomic E-state index is 12.5. The van der Waals surface area contributed by atoms with E-state index in [9.17, 15) is 9.59 Å². The number of nitrogens with two attached hydrogens (primary N) is 1. The molecule has 2 aliphatic carbocycles. The lowest BCUT2D eigenvalue weighted by molar-refractivity contribution is -0.135. The summed E-state index contributed by atoms with van der Waals surface area (Å²) < 4.78 is 0. The Labute approximate surface area is 126 Å². The number of hydrogen-bond donors (Lipinski definition) is 2. The van der Waals surface area contributed by atoms with Crippen LogP contribution in [0.4, 0.5) is 0 Å². The van der Waals surface area contributed by atoms with E-state index in [1.165, 1.54) is 19.3 Å². The first-order valence-corrected chi connectivity index (χ1v) is 8.34. The van der Waals surface area contributed by atoms with Gasteiger partial charge in [0.1, 0.15) is 0 Å². The van der Waals surface area contributed by atoms with Crippen molar-refractivity contribution in [1.29, 1.82) is 0 Å². The summed E-state index contributed by atoms with van der Waals surface area (Å²) >= 11 is 0. The number of fused-ring (bicyclic) bond motifs is 2. The summed E-state index contributed by atoms with van der Waals surface area (Å²) in [4.78, 5) is 25.8. The number of likely N-dealkylation sites (tertiary alicyclic amines) is 1. The fraction of sp³-hybridized carbons (Fsp3) is 0.875. The number of hydrogen-bond acceptors (Lipinski definition) is 3. The molecule has 0 aromatic carbocycles. The second kappa shape index (κ2) is 5.95. The molecule has 5 heteroatoms. The van der Waals surface area contributed by atoms with E-state index < -0.39 is 0 Å². The van der Waals surface area contributed by atoms with Gasteiger partial charge in [-0.2, -0.15) is 0 Å². The Balaban J connectivity index is 1.55. The zero-order valence-electron chi connectivity index (χ0n) is 12.9. The lowest BCUT2D eigenvalue weighted by Gasteiger charge is -2.44. The number of rotatable bonds is 2. The van der Waals surface area contributed by atoms with Crippen molar-refractivity contribution in [3.63, 3.8) is 0 Å². The van der Waals surface area contributed by atoms with Crippen LogP contribution in [0.1, 0.15) is 44.9 Å². The van der Waals surface area contributed by atoms with E-state index >= 15 is 0 Å². The Bertz CT molecular complexity index is 412. The van der Waals surface area contributed by atoms with E-state index in [-0.39, 0.29) is 23.8 Å². The van der Waals surface area contributed by atoms with E-state index in [0.29, 0.717) is 30.8 Å². The highest BCUT2D eigenvalue weighted by molar-refractivity contribution is 5.80. The molecule has 118 valence electrons. The molecule has 3 fully saturated rings. The van der Waals surface area contributed by atoms with Crippen molar-refractivity contribution < 1.29 is 9.59 Å². The molecule has 3 rings (SSSR count). The summed E-state index contributed by atoms with van der Waals surface area (Å²) in [6, 6.07) is 0.428. The van der Waals surface area contributed by atoms with Crippen molar-refractivity contribution in [1.82, 2.24) is 10.2 Å². The molecule has 1 saturated heterocycles. The van der Waals surface area contributed by atoms with Crippen LogP contribution in [0.25, 0.3) is 0 Å². The van der Waals surface area contributed by atoms with E-state index in [4.69, 9.17) is 5.73 Å². The van der Waals surface area contributed by atoms with Crippen molar-refractivity contribution in [2.24, 2.45) is 23.5 Å². The molecular weight excluding hydrogens is 266 g/mol. The monoisotopic (exact) mass is 293 g/mol. The van der Waals surface area contributed by atoms with Gasteiger partial charge in [-0.1, -0.05) is 6.42 Å². The zero-order chi connectivity index (χ0) is 15.0. The van der Waals surface area contributed by atoms with Crippen LogP contribution in [0.2, 0.25) is 0 Å². The van der Waals surface area contributed by atoms with Gasteiger partial charge >= 0.3 is 0 Å². The molecule has 21 heavy (non-hydrogen) atoms. The van der Waals surface area contributed by atoms with Crippen molar-refractivity contribution in [3.05, 3.63) is 0 Å². The molecule has 2 amide bonds. The minimum atomic E-state index is 0.121. The van der Waals surface area contributed by atoms with Crippen molar-refractivity contribution >= 4 is 11.8 Å². The highest BCUT2D eigenvalue weighted by Gasteiger charge is 2.41. The third-order valence-corrected chi connectivity index (χ3v) is 5.76. The molecule has 1 aliphatic heterocycles. The summed E-state index contributed by atoms with van der Waals surface area (Å²) in [6.45, 7) is 0.643. The fourth-order valence-electron chi connectivity index (χ4n) is 4.45. The molecule has 0 spiro atoms. The zero-order valence-corrected chi connectivity index (χ0v) is 12.9. The Morgan fingerprint density at radius 1 is 1.24 bits per heavy atom. The number of nitrogens with one attached hydrogen (secondary N) is 1. The van der Waals surface area contributed by atoms with Crippen molar-refractivity contribution in [2.45, 2.75) is 57.0 Å². The quantitative estimate of drug-likeness (QED) is 0.793. The SMILES string of the molecule is CN1CC(NC(=O)C2CC3CCCC(C2)C3N)CCC1=O. The molecule has 5 nitrogen and oxygen atoms in total. The fourth-order valence-corrected chi connectivity index (χ4v) is 4.45. The standard InChI is InChI=1S/C16H27N3O2/c1-19-9-13(5-6-14(19)20)18-16(21)12-7-10-3-2-4-11(8-12)15(10)17/h10-13,15H,2-9,17H2,1H3,(H,18,21). The van der Waals surface area contributed by atoms with Crippen molar-refractivity contribution in [3.8, 4) is 0 Å². The molecule has 3 N–H and O–H groups in total. The summed E-state index contributed by atoms with van der Waals surface area (Å²) in [5.41, 5.74) is 6.29. The number of nitrogens with zero attached hydrogens (tertiary/aromatic N) is 1. The van der Waals surface area contributed by atoms with Gasteiger partial charge < -0.3 is 16.0 Å². The Hall–Kier alpha value is -1.10. The van der Waals surface area contributed by atoms with Crippen LogP contribution in [0.5, 0.6) is 0 Å². The minimum absolute atomic E-state index is 0.121. The predicted octanol–water partition coefficient (Wildman–Crippen LogP) is 0.877. The number of carbonyl (C=O) groups excluding carboxylic acids is 2. The van der Waals surface area contributed by atoms with Gasteiger partial charge in [0.15, 0.2) is 0 Å². The van der Waals surface area contributed by atoms with Gasteiger partial charge in [-0.25, -0.2) is 0 Å². The van der Waals surface area contributed by atoms with Crippen LogP contribution in [-0.4, -0.2) is 42.4 Å². The average molecular weight is 293 g/mol. The maximum absolute atomic E-state index is 12.5. The third-order valence-electron chi connectivity index (χ3n) is 5.76. The average Bonchev–Trinajstić information content (AvgIpc) is 2.42. The van der Waals surface area contributed by atoms with Gasteiger partial charge in [-0.05, 0) is 43.9 Å². The van der Waals surface area contributed by atoms with Crippen LogP contribution < -0.4 is 11.1 Å². The third kappa shape index (κ3) is 3.07. The predicted molar refractivity (Wildman–Crippen MR) is 80.3 cm³/mol. The first kappa shape index (κ1) is 14.8. The molecule has 1 heterocycles. The van der Waals surface area contributed by atoms with Gasteiger partial charge in [-0.3, -0.25) is 9.59 Å². The molecular formula is C16H27N3O2. The number of piperidine rings is 1. The molecule has 3 unspecified atom stereocenters. The van der Waals surface area contributed by atoms with Crippen molar-refractivity contribution in [2.75, 3.05) is 13.6 Å². The molecule has 0 aromatic heterocycles. The summed E-state index contributed by atoms with van der Waals surface area (Å²) in [6.07, 6.45) is 6.85. The molecule has 0 aromatic rings. The molecule has 2 bridgehead atoms. The molecule has 2 saturated carbocycles. The summed E-state index contributed by atoms with van der Waals surface area (Å²) in [7, 11) is 1.81. The van der Waals surface area contributed by atoms with Crippen LogP contribution >= 0.6 is 0 Å². The van der Waals surface area contributed by atoms with E-state index in [1.54, 1.807) is 4.90 Å². The minimum Gasteiger partial charge on any atom is -0.351 e. The topological polar surface area (TPSA) is 75.4 Å².